The van der Waals surface area contributed by atoms with E-state index >= 15 is 0 Å². The first kappa shape index (κ1) is 22.7. The first-order chi connectivity index (χ1) is 14.8. The van der Waals surface area contributed by atoms with Crippen molar-refractivity contribution in [3.63, 3.8) is 0 Å². The van der Waals surface area contributed by atoms with Gasteiger partial charge < -0.3 is 19.1 Å². The van der Waals surface area contributed by atoms with Crippen molar-refractivity contribution in [3.05, 3.63) is 35.9 Å². The van der Waals surface area contributed by atoms with Gasteiger partial charge in [0.15, 0.2) is 11.1 Å². The van der Waals surface area contributed by atoms with E-state index in [0.717, 1.165) is 25.7 Å². The second-order valence-corrected chi connectivity index (χ2v) is 11.1. The Morgan fingerprint density at radius 3 is 2.35 bits per heavy atom. The molecule has 1 aliphatic carbocycles. The summed E-state index contributed by atoms with van der Waals surface area (Å²) in [4.78, 5) is 19.6. The lowest BCUT2D eigenvalue weighted by molar-refractivity contribution is -0.0569. The number of hydrogen-bond donors (Lipinski definition) is 1. The van der Waals surface area contributed by atoms with Crippen molar-refractivity contribution in [2.45, 2.75) is 48.9 Å². The van der Waals surface area contributed by atoms with Gasteiger partial charge in [0, 0.05) is 31.1 Å². The minimum Gasteiger partial charge on any atom is -0.381 e. The van der Waals surface area contributed by atoms with Gasteiger partial charge in [0.25, 0.3) is 0 Å². The van der Waals surface area contributed by atoms with Gasteiger partial charge in [0.1, 0.15) is 0 Å². The monoisotopic (exact) mass is 449 g/mol. The number of carbonyl (C=O) groups is 1. The molecule has 0 aromatic heterocycles. The van der Waals surface area contributed by atoms with Crippen LogP contribution in [0.3, 0.4) is 0 Å². The molecular weight excluding hydrogens is 414 g/mol. The van der Waals surface area contributed by atoms with Crippen LogP contribution >= 0.6 is 0 Å². The van der Waals surface area contributed by atoms with Gasteiger partial charge in [-0.05, 0) is 52.3 Å². The van der Waals surface area contributed by atoms with Crippen LogP contribution in [0.25, 0.3) is 0 Å². The van der Waals surface area contributed by atoms with Crippen LogP contribution < -0.4 is 0 Å². The number of amides is 2. The van der Waals surface area contributed by atoms with Crippen LogP contribution in [0.2, 0.25) is 0 Å². The summed E-state index contributed by atoms with van der Waals surface area (Å²) in [6, 6.07) is 10.7. The Morgan fingerprint density at radius 1 is 1.19 bits per heavy atom. The second-order valence-electron chi connectivity index (χ2n) is 9.78. The maximum atomic E-state index is 13.4. The second kappa shape index (κ2) is 8.81. The average molecular weight is 450 g/mol. The van der Waals surface area contributed by atoms with Crippen LogP contribution in [-0.4, -0.2) is 87.2 Å². The Hall–Kier alpha value is -1.48. The first-order valence-corrected chi connectivity index (χ1v) is 12.4. The van der Waals surface area contributed by atoms with Crippen molar-refractivity contribution >= 4 is 17.1 Å². The van der Waals surface area contributed by atoms with Crippen LogP contribution in [0, 0.1) is 5.92 Å². The zero-order chi connectivity index (χ0) is 22.2. The maximum absolute atomic E-state index is 13.4. The van der Waals surface area contributed by atoms with E-state index < -0.39 is 16.3 Å². The number of ether oxygens (including phenoxy) is 1. The van der Waals surface area contributed by atoms with Crippen LogP contribution in [-0.2, 0) is 21.4 Å². The Balaban J connectivity index is 1.58. The van der Waals surface area contributed by atoms with Gasteiger partial charge >= 0.3 is 6.03 Å². The van der Waals surface area contributed by atoms with E-state index in [2.05, 4.69) is 54.2 Å². The number of benzene rings is 1. The van der Waals surface area contributed by atoms with E-state index in [4.69, 9.17) is 4.74 Å². The van der Waals surface area contributed by atoms with Gasteiger partial charge in [-0.1, -0.05) is 30.3 Å². The first-order valence-electron chi connectivity index (χ1n) is 11.2. The highest BCUT2D eigenvalue weighted by Crippen LogP contribution is 2.49. The van der Waals surface area contributed by atoms with Gasteiger partial charge in [-0.3, -0.25) is 4.90 Å². The number of hydrogen-bond acceptors (Lipinski definition) is 4. The lowest BCUT2D eigenvalue weighted by atomic mass is 9.68. The largest absolute Gasteiger partial charge is 0.381 e. The molecule has 1 N–H and O–H groups in total. The third-order valence-corrected chi connectivity index (χ3v) is 8.54. The van der Waals surface area contributed by atoms with Crippen LogP contribution in [0.4, 0.5) is 4.79 Å². The predicted molar refractivity (Wildman–Crippen MR) is 121 cm³/mol. The molecule has 31 heavy (non-hydrogen) atoms. The zero-order valence-electron chi connectivity index (χ0n) is 18.8. The molecular formula is C23H35N3O4S. The normalized spacial score (nSPS) is 31.3. The molecule has 3 aliphatic rings. The van der Waals surface area contributed by atoms with Gasteiger partial charge in [0.2, 0.25) is 0 Å². The minimum atomic E-state index is -1.93. The molecule has 3 fully saturated rings. The lowest BCUT2D eigenvalue weighted by Crippen LogP contribution is -2.57. The van der Waals surface area contributed by atoms with Gasteiger partial charge in [-0.2, -0.15) is 0 Å². The molecule has 172 valence electrons. The summed E-state index contributed by atoms with van der Waals surface area (Å²) >= 11 is -1.93. The van der Waals surface area contributed by atoms with Crippen molar-refractivity contribution in [1.82, 2.24) is 14.7 Å². The Labute approximate surface area is 188 Å². The van der Waals surface area contributed by atoms with Crippen LogP contribution in [0.15, 0.2) is 30.3 Å². The molecule has 2 atom stereocenters. The van der Waals surface area contributed by atoms with Crippen LogP contribution in [0.5, 0.6) is 0 Å². The molecule has 0 radical (unpaired) electrons. The SMILES string of the molecule is CC(CN1CC2(CCC(c3ccccc3)(N(C)C)CC2)N(CC2COC2)C1=O)S(=O)O. The summed E-state index contributed by atoms with van der Waals surface area (Å²) < 4.78 is 26.4. The molecule has 7 nitrogen and oxygen atoms in total. The number of nitrogens with zero attached hydrogens (tertiary/aromatic N) is 3. The molecule has 2 aliphatic heterocycles. The predicted octanol–water partition coefficient (Wildman–Crippen LogP) is 2.75. The van der Waals surface area contributed by atoms with E-state index in [-0.39, 0.29) is 17.1 Å². The van der Waals surface area contributed by atoms with Crippen molar-refractivity contribution in [2.24, 2.45) is 5.92 Å². The molecule has 2 unspecified atom stereocenters. The molecule has 1 aromatic carbocycles. The van der Waals surface area contributed by atoms with Gasteiger partial charge in [0.05, 0.1) is 24.0 Å². The number of rotatable bonds is 7. The summed E-state index contributed by atoms with van der Waals surface area (Å²) in [5.41, 5.74) is 1.09. The molecule has 1 spiro atoms. The lowest BCUT2D eigenvalue weighted by Gasteiger charge is -2.51. The van der Waals surface area contributed by atoms with E-state index in [9.17, 15) is 13.6 Å². The van der Waals surface area contributed by atoms with E-state index in [1.165, 1.54) is 5.56 Å². The third kappa shape index (κ3) is 4.15. The fourth-order valence-corrected chi connectivity index (χ4v) is 5.93. The molecule has 2 saturated heterocycles. The summed E-state index contributed by atoms with van der Waals surface area (Å²) in [5, 5.41) is -0.457. The topological polar surface area (TPSA) is 73.3 Å². The molecule has 1 saturated carbocycles. The highest BCUT2D eigenvalue weighted by atomic mass is 32.2. The van der Waals surface area contributed by atoms with Crippen LogP contribution in [0.1, 0.15) is 38.2 Å². The Morgan fingerprint density at radius 2 is 1.84 bits per heavy atom. The molecule has 8 heteroatoms. The van der Waals surface area contributed by atoms with Crippen molar-refractivity contribution < 1.29 is 18.3 Å². The fourth-order valence-electron chi connectivity index (χ4n) is 5.62. The van der Waals surface area contributed by atoms with Crippen molar-refractivity contribution in [1.29, 1.82) is 0 Å². The summed E-state index contributed by atoms with van der Waals surface area (Å²) in [7, 11) is 4.30. The average Bonchev–Trinajstić information content (AvgIpc) is 2.96. The highest BCUT2D eigenvalue weighted by Gasteiger charge is 2.55. The fraction of sp³-hybridized carbons (Fsp3) is 0.696. The smallest absolute Gasteiger partial charge is 0.320 e. The quantitative estimate of drug-likeness (QED) is 0.648. The molecule has 1 aromatic rings. The molecule has 0 bridgehead atoms. The van der Waals surface area contributed by atoms with Crippen molar-refractivity contribution in [2.75, 3.05) is 46.9 Å². The third-order valence-electron chi connectivity index (χ3n) is 7.70. The molecule has 2 amide bonds. The van der Waals surface area contributed by atoms with E-state index in [1.54, 1.807) is 6.92 Å². The van der Waals surface area contributed by atoms with E-state index in [0.29, 0.717) is 38.8 Å². The number of carbonyl (C=O) groups excluding carboxylic acids is 1. The zero-order valence-corrected chi connectivity index (χ0v) is 19.6. The van der Waals surface area contributed by atoms with Crippen molar-refractivity contribution in [3.8, 4) is 0 Å². The molecule has 2 heterocycles. The Bertz CT molecular complexity index is 806. The van der Waals surface area contributed by atoms with Gasteiger partial charge in [-0.15, -0.1) is 0 Å². The standard InChI is InChI=1S/C23H35N3O4S/c1-18(31(28)29)13-25-17-22(26(21(25)27)14-19-15-30-16-19)9-11-23(12-10-22,24(2)3)20-7-5-4-6-8-20/h4-8,18-19H,9-17H2,1-3H3,(H,28,29). The highest BCUT2D eigenvalue weighted by molar-refractivity contribution is 7.79. The summed E-state index contributed by atoms with van der Waals surface area (Å²) in [6.45, 7) is 4.82. The Kier molecular flexibility index (Phi) is 6.45. The maximum Gasteiger partial charge on any atom is 0.320 e. The molecule has 4 rings (SSSR count). The number of urea groups is 1. The summed E-state index contributed by atoms with van der Waals surface area (Å²) in [6.07, 6.45) is 3.80. The summed E-state index contributed by atoms with van der Waals surface area (Å²) in [5.74, 6) is 0.389. The van der Waals surface area contributed by atoms with Gasteiger partial charge in [-0.25, -0.2) is 9.00 Å². The van der Waals surface area contributed by atoms with E-state index in [1.807, 2.05) is 4.90 Å². The minimum absolute atomic E-state index is 0.0151.